The predicted octanol–water partition coefficient (Wildman–Crippen LogP) is 2.13. The fourth-order valence-corrected chi connectivity index (χ4v) is 3.19. The molecule has 0 aromatic heterocycles. The Labute approximate surface area is 109 Å². The van der Waals surface area contributed by atoms with E-state index in [1.165, 1.54) is 0 Å². The summed E-state index contributed by atoms with van der Waals surface area (Å²) in [6.07, 6.45) is 5.37. The van der Waals surface area contributed by atoms with E-state index >= 15 is 0 Å². The fourth-order valence-electron chi connectivity index (χ4n) is 3.19. The molecule has 0 aromatic rings. The normalized spacial score (nSPS) is 32.6. The molecule has 0 aliphatic carbocycles. The average molecular weight is 255 g/mol. The zero-order valence-electron chi connectivity index (χ0n) is 11.5. The molecular weight excluding hydrogens is 230 g/mol. The molecule has 2 fully saturated rings. The number of carboxylic acid groups (broad SMARTS) is 1. The van der Waals surface area contributed by atoms with Crippen molar-refractivity contribution in [3.63, 3.8) is 0 Å². The smallest absolute Gasteiger partial charge is 0.309 e. The molecule has 2 aliphatic heterocycles. The van der Waals surface area contributed by atoms with E-state index in [1.807, 2.05) is 6.92 Å². The van der Waals surface area contributed by atoms with Gasteiger partial charge in [-0.3, -0.25) is 4.79 Å². The molecule has 2 unspecified atom stereocenters. The minimum absolute atomic E-state index is 0.360. The van der Waals surface area contributed by atoms with Crippen molar-refractivity contribution in [1.29, 1.82) is 0 Å². The number of aliphatic carboxylic acids is 1. The second-order valence-electron chi connectivity index (χ2n) is 5.89. The zero-order chi connectivity index (χ0) is 13.2. The molecule has 0 spiro atoms. The molecule has 0 radical (unpaired) electrons. The monoisotopic (exact) mass is 255 g/mol. The van der Waals surface area contributed by atoms with E-state index in [0.717, 1.165) is 51.7 Å². The minimum atomic E-state index is -0.615. The van der Waals surface area contributed by atoms with Gasteiger partial charge in [0, 0.05) is 6.54 Å². The van der Waals surface area contributed by atoms with Gasteiger partial charge in [0.1, 0.15) is 0 Å². The Hall–Kier alpha value is -0.610. The number of hydrogen-bond acceptors (Lipinski definition) is 3. The molecule has 0 saturated carbocycles. The molecule has 2 heterocycles. The van der Waals surface area contributed by atoms with Crippen molar-refractivity contribution in [3.05, 3.63) is 0 Å². The number of carboxylic acids is 1. The molecule has 1 N–H and O–H groups in total. The second-order valence-corrected chi connectivity index (χ2v) is 5.89. The molecule has 4 nitrogen and oxygen atoms in total. The van der Waals surface area contributed by atoms with Crippen molar-refractivity contribution in [3.8, 4) is 0 Å². The Kier molecular flexibility index (Phi) is 4.28. The molecule has 0 amide bonds. The highest BCUT2D eigenvalue weighted by Crippen LogP contribution is 2.35. The Morgan fingerprint density at radius 1 is 1.39 bits per heavy atom. The molecule has 0 bridgehead atoms. The Bertz CT molecular complexity index is 297. The summed E-state index contributed by atoms with van der Waals surface area (Å²) in [5.41, 5.74) is -0.472. The van der Waals surface area contributed by atoms with E-state index in [1.54, 1.807) is 0 Å². The van der Waals surface area contributed by atoms with Crippen LogP contribution in [0.1, 0.15) is 46.0 Å². The first-order valence-corrected chi connectivity index (χ1v) is 7.17. The fraction of sp³-hybridized carbons (Fsp3) is 0.929. The number of rotatable bonds is 4. The van der Waals surface area contributed by atoms with Crippen LogP contribution in [-0.4, -0.2) is 47.8 Å². The first-order valence-electron chi connectivity index (χ1n) is 7.17. The van der Waals surface area contributed by atoms with Crippen LogP contribution in [-0.2, 0) is 9.53 Å². The Balaban J connectivity index is 1.81. The summed E-state index contributed by atoms with van der Waals surface area (Å²) in [5.74, 6) is -0.615. The van der Waals surface area contributed by atoms with Crippen molar-refractivity contribution in [2.45, 2.75) is 58.2 Å². The van der Waals surface area contributed by atoms with Crippen molar-refractivity contribution < 1.29 is 14.6 Å². The van der Waals surface area contributed by atoms with Crippen LogP contribution in [0, 0.1) is 5.41 Å². The van der Waals surface area contributed by atoms with Gasteiger partial charge in [-0.15, -0.1) is 0 Å². The summed E-state index contributed by atoms with van der Waals surface area (Å²) < 4.78 is 5.83. The van der Waals surface area contributed by atoms with E-state index in [-0.39, 0.29) is 0 Å². The van der Waals surface area contributed by atoms with Crippen LogP contribution in [0.5, 0.6) is 0 Å². The van der Waals surface area contributed by atoms with E-state index in [4.69, 9.17) is 4.74 Å². The number of ether oxygens (including phenoxy) is 1. The van der Waals surface area contributed by atoms with Crippen molar-refractivity contribution in [2.75, 3.05) is 19.6 Å². The Morgan fingerprint density at radius 2 is 2.06 bits per heavy atom. The predicted molar refractivity (Wildman–Crippen MR) is 69.6 cm³/mol. The van der Waals surface area contributed by atoms with Crippen LogP contribution in [0.15, 0.2) is 0 Å². The summed E-state index contributed by atoms with van der Waals surface area (Å²) in [5, 5.41) is 9.35. The third-order valence-corrected chi connectivity index (χ3v) is 4.73. The molecular formula is C14H25NO3. The maximum Gasteiger partial charge on any atom is 0.309 e. The number of piperidine rings is 1. The molecule has 2 atom stereocenters. The van der Waals surface area contributed by atoms with Crippen LogP contribution < -0.4 is 0 Å². The van der Waals surface area contributed by atoms with Gasteiger partial charge >= 0.3 is 5.97 Å². The van der Waals surface area contributed by atoms with Crippen LogP contribution >= 0.6 is 0 Å². The summed E-state index contributed by atoms with van der Waals surface area (Å²) in [6, 6.07) is 0. The lowest BCUT2D eigenvalue weighted by Gasteiger charge is -2.39. The van der Waals surface area contributed by atoms with Gasteiger partial charge in [-0.1, -0.05) is 6.92 Å². The highest BCUT2D eigenvalue weighted by Gasteiger charge is 2.40. The first-order chi connectivity index (χ1) is 8.55. The van der Waals surface area contributed by atoms with Crippen LogP contribution in [0.3, 0.4) is 0 Å². The SMILES string of the molecule is CCC1(C(=O)O)CCN(CC2CCC(C)O2)CC1. The van der Waals surface area contributed by atoms with E-state index < -0.39 is 11.4 Å². The highest BCUT2D eigenvalue weighted by molar-refractivity contribution is 5.74. The number of likely N-dealkylation sites (tertiary alicyclic amines) is 1. The second kappa shape index (κ2) is 5.57. The third-order valence-electron chi connectivity index (χ3n) is 4.73. The summed E-state index contributed by atoms with van der Waals surface area (Å²) >= 11 is 0. The number of carbonyl (C=O) groups is 1. The van der Waals surface area contributed by atoms with Crippen molar-refractivity contribution >= 4 is 5.97 Å². The van der Waals surface area contributed by atoms with Gasteiger partial charge in [-0.25, -0.2) is 0 Å². The molecule has 104 valence electrons. The first kappa shape index (κ1) is 13.8. The zero-order valence-corrected chi connectivity index (χ0v) is 11.5. The number of hydrogen-bond donors (Lipinski definition) is 1. The molecule has 0 aromatic carbocycles. The van der Waals surface area contributed by atoms with E-state index in [9.17, 15) is 9.90 Å². The van der Waals surface area contributed by atoms with Crippen LogP contribution in [0.25, 0.3) is 0 Å². The lowest BCUT2D eigenvalue weighted by atomic mass is 9.76. The minimum Gasteiger partial charge on any atom is -0.481 e. The molecule has 4 heteroatoms. The lowest BCUT2D eigenvalue weighted by Crippen LogP contribution is -2.46. The Morgan fingerprint density at radius 3 is 2.50 bits per heavy atom. The summed E-state index contributed by atoms with van der Waals surface area (Å²) in [6.45, 7) is 6.89. The lowest BCUT2D eigenvalue weighted by molar-refractivity contribution is -0.152. The van der Waals surface area contributed by atoms with Gasteiger partial charge < -0.3 is 14.7 Å². The van der Waals surface area contributed by atoms with Gasteiger partial charge in [0.25, 0.3) is 0 Å². The van der Waals surface area contributed by atoms with Gasteiger partial charge in [0.05, 0.1) is 17.6 Å². The van der Waals surface area contributed by atoms with Gasteiger partial charge in [-0.2, -0.15) is 0 Å². The van der Waals surface area contributed by atoms with Gasteiger partial charge in [-0.05, 0) is 52.1 Å². The van der Waals surface area contributed by atoms with E-state index in [2.05, 4.69) is 11.8 Å². The molecule has 2 aliphatic rings. The molecule has 2 saturated heterocycles. The van der Waals surface area contributed by atoms with Gasteiger partial charge in [0.2, 0.25) is 0 Å². The van der Waals surface area contributed by atoms with Crippen molar-refractivity contribution in [2.24, 2.45) is 5.41 Å². The maximum atomic E-state index is 11.4. The largest absolute Gasteiger partial charge is 0.481 e. The van der Waals surface area contributed by atoms with Crippen molar-refractivity contribution in [1.82, 2.24) is 4.90 Å². The summed E-state index contributed by atoms with van der Waals surface area (Å²) in [4.78, 5) is 13.7. The topological polar surface area (TPSA) is 49.8 Å². The quantitative estimate of drug-likeness (QED) is 0.836. The highest BCUT2D eigenvalue weighted by atomic mass is 16.5. The standard InChI is InChI=1S/C14H25NO3/c1-3-14(13(16)17)6-8-15(9-7-14)10-12-5-4-11(2)18-12/h11-12H,3-10H2,1-2H3,(H,16,17). The maximum absolute atomic E-state index is 11.4. The van der Waals surface area contributed by atoms with Crippen LogP contribution in [0.4, 0.5) is 0 Å². The summed E-state index contributed by atoms with van der Waals surface area (Å²) in [7, 11) is 0. The average Bonchev–Trinajstić information content (AvgIpc) is 2.76. The number of nitrogens with zero attached hydrogens (tertiary/aromatic N) is 1. The van der Waals surface area contributed by atoms with Gasteiger partial charge in [0.15, 0.2) is 0 Å². The van der Waals surface area contributed by atoms with E-state index in [0.29, 0.717) is 12.2 Å². The molecule has 2 rings (SSSR count). The third kappa shape index (κ3) is 2.86. The van der Waals surface area contributed by atoms with Crippen LogP contribution in [0.2, 0.25) is 0 Å². The molecule has 18 heavy (non-hydrogen) atoms.